The van der Waals surface area contributed by atoms with Crippen LogP contribution >= 0.6 is 0 Å². The molecule has 1 rings (SSSR count). The zero-order valence-electron chi connectivity index (χ0n) is 9.45. The first-order valence-electron chi connectivity index (χ1n) is 5.36. The van der Waals surface area contributed by atoms with Crippen molar-refractivity contribution >= 4 is 12.1 Å². The fourth-order valence-corrected chi connectivity index (χ4v) is 1.49. The number of nitrogens with two attached hydrogens (primary N) is 3. The van der Waals surface area contributed by atoms with Crippen molar-refractivity contribution in [3.05, 3.63) is 35.9 Å². The molecule has 0 aliphatic carbocycles. The third-order valence-electron chi connectivity index (χ3n) is 2.56. The molecule has 1 aromatic carbocycles. The van der Waals surface area contributed by atoms with E-state index in [1.165, 1.54) is 0 Å². The highest BCUT2D eigenvalue weighted by Crippen LogP contribution is 2.04. The summed E-state index contributed by atoms with van der Waals surface area (Å²) in [4.78, 5) is 22.2. The summed E-state index contributed by atoms with van der Waals surface area (Å²) < 4.78 is 0. The van der Waals surface area contributed by atoms with E-state index in [1.807, 2.05) is 30.3 Å². The molecular weight excluding hydrogens is 218 g/mol. The average Bonchev–Trinajstić information content (AvgIpc) is 2.37. The number of Topliss-reactive ketones (excluding diaryl/α,β-unsaturated/α-hetero) is 1. The summed E-state index contributed by atoms with van der Waals surface area (Å²) in [6, 6.07) is 6.59. The Bertz CT molecular complexity index is 381. The van der Waals surface area contributed by atoms with Gasteiger partial charge in [-0.05, 0) is 12.0 Å². The Hall–Kier alpha value is -1.56. The molecular formula is C12H17N3O2. The lowest BCUT2D eigenvalue weighted by atomic mass is 9.96. The van der Waals surface area contributed by atoms with E-state index in [2.05, 4.69) is 0 Å². The standard InChI is InChI=1S/C12H17N3O2/c13-9(6-8-4-2-1-3-5-8)12(17)11(15)10(14)7-16/h1-5,7,9-11H,6,13-15H2/t9-,10?,11?/m1/s1. The first-order valence-corrected chi connectivity index (χ1v) is 5.36. The van der Waals surface area contributed by atoms with E-state index in [0.717, 1.165) is 5.56 Å². The summed E-state index contributed by atoms with van der Waals surface area (Å²) >= 11 is 0. The van der Waals surface area contributed by atoms with E-state index in [0.29, 0.717) is 12.7 Å². The van der Waals surface area contributed by atoms with Gasteiger partial charge in [-0.25, -0.2) is 0 Å². The molecule has 0 aliphatic heterocycles. The number of benzene rings is 1. The molecule has 0 aliphatic rings. The van der Waals surface area contributed by atoms with Crippen LogP contribution in [0.1, 0.15) is 5.56 Å². The van der Waals surface area contributed by atoms with Crippen molar-refractivity contribution < 1.29 is 9.59 Å². The molecule has 92 valence electrons. The summed E-state index contributed by atoms with van der Waals surface area (Å²) in [5.74, 6) is -0.395. The minimum atomic E-state index is -1.04. The van der Waals surface area contributed by atoms with Crippen molar-refractivity contribution in [3.63, 3.8) is 0 Å². The third kappa shape index (κ3) is 3.74. The van der Waals surface area contributed by atoms with Crippen molar-refractivity contribution in [2.45, 2.75) is 24.5 Å². The quantitative estimate of drug-likeness (QED) is 0.546. The highest BCUT2D eigenvalue weighted by molar-refractivity contribution is 5.92. The molecule has 5 heteroatoms. The van der Waals surface area contributed by atoms with Crippen LogP contribution in [0.2, 0.25) is 0 Å². The van der Waals surface area contributed by atoms with Crippen molar-refractivity contribution in [1.29, 1.82) is 0 Å². The lowest BCUT2D eigenvalue weighted by Crippen LogP contribution is -2.54. The van der Waals surface area contributed by atoms with E-state index in [-0.39, 0.29) is 0 Å². The van der Waals surface area contributed by atoms with E-state index < -0.39 is 23.9 Å². The van der Waals surface area contributed by atoms with Gasteiger partial charge in [-0.15, -0.1) is 0 Å². The molecule has 17 heavy (non-hydrogen) atoms. The van der Waals surface area contributed by atoms with Gasteiger partial charge >= 0.3 is 0 Å². The van der Waals surface area contributed by atoms with Crippen molar-refractivity contribution in [2.24, 2.45) is 17.2 Å². The predicted octanol–water partition coefficient (Wildman–Crippen LogP) is -1.02. The summed E-state index contributed by atoms with van der Waals surface area (Å²) in [5, 5.41) is 0. The molecule has 0 fully saturated rings. The van der Waals surface area contributed by atoms with Crippen LogP contribution in [-0.4, -0.2) is 30.2 Å². The minimum absolute atomic E-state index is 0.388. The highest BCUT2D eigenvalue weighted by atomic mass is 16.1. The zero-order chi connectivity index (χ0) is 12.8. The Morgan fingerprint density at radius 3 is 2.29 bits per heavy atom. The van der Waals surface area contributed by atoms with E-state index >= 15 is 0 Å². The van der Waals surface area contributed by atoms with Crippen LogP contribution in [0.3, 0.4) is 0 Å². The van der Waals surface area contributed by atoms with Crippen molar-refractivity contribution in [1.82, 2.24) is 0 Å². The number of aldehydes is 1. The molecule has 6 N–H and O–H groups in total. The predicted molar refractivity (Wildman–Crippen MR) is 65.1 cm³/mol. The largest absolute Gasteiger partial charge is 0.321 e. The SMILES string of the molecule is NC(C=O)C(N)C(=O)[C@H](N)Cc1ccccc1. The monoisotopic (exact) mass is 235 g/mol. The van der Waals surface area contributed by atoms with E-state index in [1.54, 1.807) is 0 Å². The van der Waals surface area contributed by atoms with Gasteiger partial charge in [0, 0.05) is 0 Å². The lowest BCUT2D eigenvalue weighted by Gasteiger charge is -2.18. The Morgan fingerprint density at radius 2 is 1.76 bits per heavy atom. The maximum Gasteiger partial charge on any atom is 0.168 e. The molecule has 0 saturated carbocycles. The summed E-state index contributed by atoms with van der Waals surface area (Å²) in [7, 11) is 0. The molecule has 0 radical (unpaired) electrons. The maximum atomic E-state index is 11.8. The van der Waals surface area contributed by atoms with Gasteiger partial charge < -0.3 is 22.0 Å². The van der Waals surface area contributed by atoms with Crippen LogP contribution in [0, 0.1) is 0 Å². The molecule has 1 aromatic rings. The molecule has 0 spiro atoms. The molecule has 0 aromatic heterocycles. The number of ketones is 1. The second-order valence-electron chi connectivity index (χ2n) is 3.94. The highest BCUT2D eigenvalue weighted by Gasteiger charge is 2.25. The minimum Gasteiger partial charge on any atom is -0.321 e. The fourth-order valence-electron chi connectivity index (χ4n) is 1.49. The van der Waals surface area contributed by atoms with Crippen LogP contribution < -0.4 is 17.2 Å². The van der Waals surface area contributed by atoms with Gasteiger partial charge in [0.2, 0.25) is 0 Å². The Labute approximate surface area is 100.0 Å². The van der Waals surface area contributed by atoms with E-state index in [9.17, 15) is 9.59 Å². The molecule has 0 saturated heterocycles. The van der Waals surface area contributed by atoms with Crippen molar-refractivity contribution in [3.8, 4) is 0 Å². The van der Waals surface area contributed by atoms with Crippen molar-refractivity contribution in [2.75, 3.05) is 0 Å². The Balaban J connectivity index is 2.61. The number of carbonyl (C=O) groups is 2. The van der Waals surface area contributed by atoms with Gasteiger partial charge in [-0.3, -0.25) is 4.79 Å². The molecule has 5 nitrogen and oxygen atoms in total. The van der Waals surface area contributed by atoms with Crippen LogP contribution in [0.25, 0.3) is 0 Å². The average molecular weight is 235 g/mol. The zero-order valence-corrected chi connectivity index (χ0v) is 9.45. The number of carbonyl (C=O) groups excluding carboxylic acids is 2. The van der Waals surface area contributed by atoms with Gasteiger partial charge in [-0.2, -0.15) is 0 Å². The van der Waals surface area contributed by atoms with Crippen LogP contribution in [0.5, 0.6) is 0 Å². The molecule has 3 atom stereocenters. The molecule has 0 amide bonds. The summed E-state index contributed by atoms with van der Waals surface area (Å²) in [5.41, 5.74) is 17.6. The number of hydrogen-bond donors (Lipinski definition) is 3. The van der Waals surface area contributed by atoms with Gasteiger partial charge in [-0.1, -0.05) is 30.3 Å². The van der Waals surface area contributed by atoms with Crippen LogP contribution in [-0.2, 0) is 16.0 Å². The first kappa shape index (κ1) is 13.5. The van der Waals surface area contributed by atoms with Gasteiger partial charge in [0.15, 0.2) is 5.78 Å². The fraction of sp³-hybridized carbons (Fsp3) is 0.333. The van der Waals surface area contributed by atoms with Gasteiger partial charge in [0.1, 0.15) is 6.29 Å². The number of hydrogen-bond acceptors (Lipinski definition) is 5. The molecule has 0 bridgehead atoms. The van der Waals surface area contributed by atoms with Crippen LogP contribution in [0.15, 0.2) is 30.3 Å². The maximum absolute atomic E-state index is 11.8. The van der Waals surface area contributed by atoms with Gasteiger partial charge in [0.25, 0.3) is 0 Å². The van der Waals surface area contributed by atoms with Gasteiger partial charge in [0.05, 0.1) is 18.1 Å². The topological polar surface area (TPSA) is 112 Å². The lowest BCUT2D eigenvalue weighted by molar-refractivity contribution is -0.123. The Morgan fingerprint density at radius 1 is 1.18 bits per heavy atom. The smallest absolute Gasteiger partial charge is 0.168 e. The summed E-state index contributed by atoms with van der Waals surface area (Å²) in [6.45, 7) is 0. The third-order valence-corrected chi connectivity index (χ3v) is 2.56. The Kier molecular flexibility index (Phi) is 4.96. The second kappa shape index (κ2) is 6.24. The number of rotatable bonds is 6. The normalized spacial score (nSPS) is 15.9. The molecule has 2 unspecified atom stereocenters. The van der Waals surface area contributed by atoms with Crippen LogP contribution in [0.4, 0.5) is 0 Å². The first-order chi connectivity index (χ1) is 8.06. The summed E-state index contributed by atoms with van der Waals surface area (Å²) in [6.07, 6.45) is 0.844. The van der Waals surface area contributed by atoms with E-state index in [4.69, 9.17) is 17.2 Å². The second-order valence-corrected chi connectivity index (χ2v) is 3.94. The molecule has 0 heterocycles.